The number of fused-ring (bicyclic) bond motifs is 1. The summed E-state index contributed by atoms with van der Waals surface area (Å²) in [5.74, 6) is -1.95. The Balaban J connectivity index is 1.74. The summed E-state index contributed by atoms with van der Waals surface area (Å²) >= 11 is 1.47. The van der Waals surface area contributed by atoms with Crippen LogP contribution in [0.5, 0.6) is 0 Å². The lowest BCUT2D eigenvalue weighted by molar-refractivity contribution is -0.160. The second-order valence-electron chi connectivity index (χ2n) is 8.96. The molecular formula is C21H32N4O5S. The molecule has 4 N–H and O–H groups in total. The van der Waals surface area contributed by atoms with Gasteiger partial charge in [-0.15, -0.1) is 11.8 Å². The van der Waals surface area contributed by atoms with E-state index in [1.165, 1.54) is 16.7 Å². The van der Waals surface area contributed by atoms with Gasteiger partial charge in [0.15, 0.2) is 0 Å². The third-order valence-corrected chi connectivity index (χ3v) is 8.01. The van der Waals surface area contributed by atoms with Crippen molar-refractivity contribution in [2.45, 2.75) is 50.4 Å². The van der Waals surface area contributed by atoms with Crippen LogP contribution < -0.4 is 11.1 Å². The molecule has 0 aromatic rings. The third kappa shape index (κ3) is 4.38. The number of amides is 2. The lowest BCUT2D eigenvalue weighted by Crippen LogP contribution is -2.62. The first-order valence-electron chi connectivity index (χ1n) is 10.7. The molecule has 2 fully saturated rings. The summed E-state index contributed by atoms with van der Waals surface area (Å²) in [6.07, 6.45) is 1.17. The summed E-state index contributed by atoms with van der Waals surface area (Å²) in [6, 6.07) is -0.520. The first-order valence-corrected chi connectivity index (χ1v) is 11.6. The second kappa shape index (κ2) is 9.30. The number of rotatable bonds is 9. The van der Waals surface area contributed by atoms with Gasteiger partial charge in [0.1, 0.15) is 11.5 Å². The summed E-state index contributed by atoms with van der Waals surface area (Å²) in [6.45, 7) is 4.72. The van der Waals surface area contributed by atoms with Gasteiger partial charge >= 0.3 is 5.97 Å². The molecule has 0 radical (unpaired) electrons. The number of carbonyl (C=O) groups excluding carboxylic acids is 3. The number of hydrogen-bond donors (Lipinski definition) is 3. The molecule has 0 spiro atoms. The highest BCUT2D eigenvalue weighted by atomic mass is 32.2. The highest BCUT2D eigenvalue weighted by Crippen LogP contribution is 2.53. The summed E-state index contributed by atoms with van der Waals surface area (Å²) in [4.78, 5) is 52.9. The zero-order valence-electron chi connectivity index (χ0n) is 18.5. The molecule has 9 nitrogen and oxygen atoms in total. The number of Topliss-reactive ketones (excluding diaryl/α,β-unsaturated/α-hetero) is 1. The van der Waals surface area contributed by atoms with Gasteiger partial charge in [-0.25, -0.2) is 4.79 Å². The number of aliphatic carboxylic acids is 1. The van der Waals surface area contributed by atoms with Crippen LogP contribution in [0, 0.1) is 17.8 Å². The summed E-state index contributed by atoms with van der Waals surface area (Å²) in [7, 11) is 3.43. The number of carbonyl (C=O) groups is 4. The largest absolute Gasteiger partial charge is 0.477 e. The number of carboxylic acids is 1. The Kier molecular flexibility index (Phi) is 7.12. The van der Waals surface area contributed by atoms with Crippen LogP contribution in [0.25, 0.3) is 0 Å². The normalized spacial score (nSPS) is 30.8. The van der Waals surface area contributed by atoms with E-state index >= 15 is 0 Å². The van der Waals surface area contributed by atoms with Crippen molar-refractivity contribution in [3.8, 4) is 0 Å². The highest BCUT2D eigenvalue weighted by molar-refractivity contribution is 8.03. The van der Waals surface area contributed by atoms with Crippen molar-refractivity contribution < 1.29 is 24.3 Å². The zero-order valence-corrected chi connectivity index (χ0v) is 19.3. The molecule has 3 aliphatic heterocycles. The van der Waals surface area contributed by atoms with Gasteiger partial charge in [-0.2, -0.15) is 0 Å². The summed E-state index contributed by atoms with van der Waals surface area (Å²) in [5, 5.41) is 13.1. The smallest absolute Gasteiger partial charge is 0.353 e. The summed E-state index contributed by atoms with van der Waals surface area (Å²) < 4.78 is 0. The van der Waals surface area contributed by atoms with Gasteiger partial charge in [0.05, 0.1) is 18.0 Å². The first kappa shape index (κ1) is 23.7. The van der Waals surface area contributed by atoms with Crippen LogP contribution >= 0.6 is 11.8 Å². The molecule has 6 atom stereocenters. The average molecular weight is 453 g/mol. The Morgan fingerprint density at radius 2 is 2.03 bits per heavy atom. The van der Waals surface area contributed by atoms with Gasteiger partial charge in [0.2, 0.25) is 11.8 Å². The van der Waals surface area contributed by atoms with Crippen LogP contribution in [0.1, 0.15) is 33.1 Å². The number of carboxylic acid groups (broad SMARTS) is 1. The Hall–Kier alpha value is -1.91. The van der Waals surface area contributed by atoms with Gasteiger partial charge in [0, 0.05) is 49.6 Å². The quantitative estimate of drug-likeness (QED) is 0.424. The van der Waals surface area contributed by atoms with Crippen molar-refractivity contribution in [2.24, 2.45) is 23.5 Å². The molecule has 172 valence electrons. The topological polar surface area (TPSA) is 133 Å². The van der Waals surface area contributed by atoms with E-state index in [0.29, 0.717) is 17.9 Å². The van der Waals surface area contributed by atoms with E-state index < -0.39 is 5.97 Å². The summed E-state index contributed by atoms with van der Waals surface area (Å²) in [5.41, 5.74) is 5.52. The number of nitrogens with zero attached hydrogens (tertiary/aromatic N) is 2. The van der Waals surface area contributed by atoms with Crippen LogP contribution in [-0.4, -0.2) is 83.0 Å². The highest BCUT2D eigenvalue weighted by Gasteiger charge is 2.60. The number of ketones is 1. The maximum Gasteiger partial charge on any atom is 0.353 e. The van der Waals surface area contributed by atoms with Crippen molar-refractivity contribution in [1.82, 2.24) is 15.1 Å². The zero-order chi connectivity index (χ0) is 23.0. The fraction of sp³-hybridized carbons (Fsp3) is 0.714. The van der Waals surface area contributed by atoms with E-state index in [1.54, 1.807) is 19.0 Å². The molecule has 0 bridgehead atoms. The van der Waals surface area contributed by atoms with E-state index in [1.807, 2.05) is 13.8 Å². The second-order valence-corrected chi connectivity index (χ2v) is 10.3. The lowest BCUT2D eigenvalue weighted by atomic mass is 9.73. The molecule has 31 heavy (non-hydrogen) atoms. The monoisotopic (exact) mass is 452 g/mol. The third-order valence-electron chi connectivity index (χ3n) is 6.50. The van der Waals surface area contributed by atoms with Crippen LogP contribution in [0.15, 0.2) is 10.6 Å². The van der Waals surface area contributed by atoms with Crippen LogP contribution in [0.4, 0.5) is 0 Å². The minimum absolute atomic E-state index is 0.00467. The molecule has 0 saturated carbocycles. The van der Waals surface area contributed by atoms with E-state index in [0.717, 1.165) is 0 Å². The van der Waals surface area contributed by atoms with Crippen molar-refractivity contribution in [1.29, 1.82) is 0 Å². The fourth-order valence-corrected chi connectivity index (χ4v) is 6.47. The average Bonchev–Trinajstić information content (AvgIpc) is 3.23. The molecule has 0 unspecified atom stereocenters. The van der Waals surface area contributed by atoms with Gasteiger partial charge in [0.25, 0.3) is 0 Å². The van der Waals surface area contributed by atoms with E-state index in [-0.39, 0.29) is 77.8 Å². The van der Waals surface area contributed by atoms with Gasteiger partial charge in [-0.3, -0.25) is 14.4 Å². The molecular weight excluding hydrogens is 420 g/mol. The lowest BCUT2D eigenvalue weighted by Gasteiger charge is -2.47. The van der Waals surface area contributed by atoms with Gasteiger partial charge < -0.3 is 26.0 Å². The molecule has 0 aliphatic carbocycles. The first-order chi connectivity index (χ1) is 14.6. The minimum atomic E-state index is -1.11. The van der Waals surface area contributed by atoms with E-state index in [2.05, 4.69) is 5.32 Å². The van der Waals surface area contributed by atoms with Gasteiger partial charge in [-0.1, -0.05) is 13.8 Å². The molecule has 2 saturated heterocycles. The number of β-lactam (4-membered cyclic amide) rings is 1. The van der Waals surface area contributed by atoms with Crippen molar-refractivity contribution in [3.63, 3.8) is 0 Å². The van der Waals surface area contributed by atoms with Crippen LogP contribution in [0.3, 0.4) is 0 Å². The molecule has 3 aliphatic rings. The standard InChI is InChI=1S/C21H32N4O5S/c1-10(7-12(26)5-6-22)15-16-11(2)18(17(21(29)30)25(16)20(15)28)31-13-8-14(23-9-13)19(27)24(3)4/h10-11,13-16,23H,5-9,22H2,1-4H3,(H,29,30)/t10-,11+,13-,14-,15+,16+/m0/s1. The predicted molar refractivity (Wildman–Crippen MR) is 117 cm³/mol. The van der Waals surface area contributed by atoms with Gasteiger partial charge in [-0.05, 0) is 18.9 Å². The number of likely N-dealkylation sites (N-methyl/N-ethyl adjacent to an activating group) is 1. The molecule has 10 heteroatoms. The van der Waals surface area contributed by atoms with E-state index in [4.69, 9.17) is 5.73 Å². The SMILES string of the molecule is C[C@@H](CC(=O)CCN)[C@H]1C(=O)N2C(C(=O)O)=C(S[C@@H]3CN[C@H](C(=O)N(C)C)C3)[C@H](C)[C@H]12. The van der Waals surface area contributed by atoms with Crippen LogP contribution in [0.2, 0.25) is 0 Å². The number of nitrogens with one attached hydrogen (secondary N) is 1. The minimum Gasteiger partial charge on any atom is -0.477 e. The Morgan fingerprint density at radius 1 is 1.35 bits per heavy atom. The Bertz CT molecular complexity index is 814. The van der Waals surface area contributed by atoms with Crippen molar-refractivity contribution in [2.75, 3.05) is 27.2 Å². The van der Waals surface area contributed by atoms with Crippen LogP contribution in [-0.2, 0) is 19.2 Å². The number of nitrogens with two attached hydrogens (primary N) is 1. The maximum absolute atomic E-state index is 12.9. The maximum atomic E-state index is 12.9. The van der Waals surface area contributed by atoms with Crippen molar-refractivity contribution in [3.05, 3.63) is 10.6 Å². The predicted octanol–water partition coefficient (Wildman–Crippen LogP) is 0.255. The fourth-order valence-electron chi connectivity index (χ4n) is 4.99. The molecule has 2 amide bonds. The Labute approximate surface area is 186 Å². The van der Waals surface area contributed by atoms with E-state index in [9.17, 15) is 24.3 Å². The number of hydrogen-bond acceptors (Lipinski definition) is 7. The van der Waals surface area contributed by atoms with Crippen molar-refractivity contribution >= 4 is 35.3 Å². The number of thioether (sulfide) groups is 1. The molecule has 0 aromatic heterocycles. The molecule has 3 heterocycles. The molecule has 0 aromatic carbocycles. The Morgan fingerprint density at radius 3 is 2.61 bits per heavy atom. The molecule has 3 rings (SSSR count).